The Bertz CT molecular complexity index is 1240. The smallest absolute Gasteiger partial charge is 0.329 e. The number of hydrogen-bond acceptors (Lipinski definition) is 13. The minimum atomic E-state index is -0.926. The summed E-state index contributed by atoms with van der Waals surface area (Å²) in [6, 6.07) is -0.926. The van der Waals surface area contributed by atoms with Gasteiger partial charge in [0.25, 0.3) is 0 Å². The van der Waals surface area contributed by atoms with Crippen LogP contribution in [0.3, 0.4) is 0 Å². The zero-order valence-electron chi connectivity index (χ0n) is 40.7. The van der Waals surface area contributed by atoms with Gasteiger partial charge in [0.1, 0.15) is 30.5 Å². The van der Waals surface area contributed by atoms with E-state index in [0.29, 0.717) is 32.5 Å². The van der Waals surface area contributed by atoms with E-state index in [0.717, 1.165) is 38.5 Å². The van der Waals surface area contributed by atoms with Crippen molar-refractivity contribution < 1.29 is 57.2 Å². The summed E-state index contributed by atoms with van der Waals surface area (Å²) in [5.41, 5.74) is 4.18. The molecule has 374 valence electrons. The van der Waals surface area contributed by atoms with Crippen LogP contribution >= 0.6 is 0 Å². The molecular formula is C47H89N5O12. The van der Waals surface area contributed by atoms with Crippen molar-refractivity contribution in [1.82, 2.24) is 21.3 Å². The Kier molecular flexibility index (Phi) is 37.8. The summed E-state index contributed by atoms with van der Waals surface area (Å²) in [4.78, 5) is 73.3. The van der Waals surface area contributed by atoms with E-state index in [4.69, 9.17) is 34.2 Å². The van der Waals surface area contributed by atoms with Gasteiger partial charge >= 0.3 is 11.9 Å². The highest BCUT2D eigenvalue weighted by Crippen LogP contribution is 2.16. The van der Waals surface area contributed by atoms with E-state index in [2.05, 4.69) is 21.3 Å². The van der Waals surface area contributed by atoms with Crippen LogP contribution in [0.25, 0.3) is 0 Å². The van der Waals surface area contributed by atoms with Gasteiger partial charge in [-0.15, -0.1) is 0 Å². The number of nitrogens with one attached hydrogen (secondary N) is 4. The molecule has 0 saturated carbocycles. The van der Waals surface area contributed by atoms with E-state index in [9.17, 15) is 28.8 Å². The molecule has 17 nitrogen and oxygen atoms in total. The second-order valence-corrected chi connectivity index (χ2v) is 18.1. The fourth-order valence-corrected chi connectivity index (χ4v) is 6.28. The molecule has 1 atom stereocenters. The number of hydrogen-bond donors (Lipinski definition) is 5. The standard InChI is InChI=1S/C47H89N5O12/c1-46(2,3)63-44(57)24-22-20-18-16-14-12-10-8-7-9-11-13-15-17-19-21-23-41(54)52-39(45(58)64-47(4,5)6)25-26-40(53)50-29-31-59-33-36-62-38-43(56)51-30-32-60-34-35-61-37-42(55)49-28-27-48/h39H,7-38,48H2,1-6H3,(H,49,55)(H,50,53)(H,51,56)(H,52,54). The summed E-state index contributed by atoms with van der Waals surface area (Å²) in [6.07, 6.45) is 19.5. The van der Waals surface area contributed by atoms with Crippen molar-refractivity contribution in [2.75, 3.05) is 79.0 Å². The van der Waals surface area contributed by atoms with Gasteiger partial charge in [-0.2, -0.15) is 0 Å². The van der Waals surface area contributed by atoms with Gasteiger partial charge in [-0.05, 0) is 60.8 Å². The van der Waals surface area contributed by atoms with Crippen molar-refractivity contribution in [3.63, 3.8) is 0 Å². The molecule has 64 heavy (non-hydrogen) atoms. The topological polar surface area (TPSA) is 232 Å². The highest BCUT2D eigenvalue weighted by molar-refractivity contribution is 5.85. The highest BCUT2D eigenvalue weighted by atomic mass is 16.6. The van der Waals surface area contributed by atoms with E-state index >= 15 is 0 Å². The first-order chi connectivity index (χ1) is 30.5. The summed E-state index contributed by atoms with van der Waals surface area (Å²) in [5.74, 6) is -1.70. The van der Waals surface area contributed by atoms with Crippen molar-refractivity contribution in [2.45, 2.75) is 187 Å². The number of esters is 2. The Morgan fingerprint density at radius 2 is 0.828 bits per heavy atom. The molecule has 0 spiro atoms. The fourth-order valence-electron chi connectivity index (χ4n) is 6.28. The van der Waals surface area contributed by atoms with Gasteiger partial charge in [0.15, 0.2) is 0 Å². The lowest BCUT2D eigenvalue weighted by Crippen LogP contribution is -2.44. The number of rotatable bonds is 42. The first-order valence-electron chi connectivity index (χ1n) is 24.1. The lowest BCUT2D eigenvalue weighted by molar-refractivity contribution is -0.159. The molecular weight excluding hydrogens is 827 g/mol. The van der Waals surface area contributed by atoms with E-state index in [1.165, 1.54) is 64.2 Å². The van der Waals surface area contributed by atoms with Crippen molar-refractivity contribution in [3.8, 4) is 0 Å². The third-order valence-electron chi connectivity index (χ3n) is 9.46. The second kappa shape index (κ2) is 39.9. The molecule has 1 unspecified atom stereocenters. The highest BCUT2D eigenvalue weighted by Gasteiger charge is 2.27. The van der Waals surface area contributed by atoms with E-state index in [-0.39, 0.29) is 102 Å². The SMILES string of the molecule is CC(C)(C)OC(=O)CCCCCCCCCCCCCCCCCCC(=O)NC(CCC(=O)NCCOCCOCC(=O)NCCOCCOCC(=O)NCCN)C(=O)OC(C)(C)C. The number of ether oxygens (including phenoxy) is 6. The van der Waals surface area contributed by atoms with E-state index < -0.39 is 23.2 Å². The number of carbonyl (C=O) groups excluding carboxylic acids is 6. The van der Waals surface area contributed by atoms with Crippen LogP contribution in [0.1, 0.15) is 170 Å². The molecule has 0 aromatic carbocycles. The van der Waals surface area contributed by atoms with Crippen molar-refractivity contribution in [1.29, 1.82) is 0 Å². The number of nitrogens with two attached hydrogens (primary N) is 1. The van der Waals surface area contributed by atoms with Gasteiger partial charge in [-0.1, -0.05) is 89.9 Å². The summed E-state index contributed by atoms with van der Waals surface area (Å²) in [7, 11) is 0. The maximum atomic E-state index is 12.9. The molecule has 0 heterocycles. The molecule has 0 aliphatic heterocycles. The first kappa shape index (κ1) is 60.6. The fraction of sp³-hybridized carbons (Fsp3) is 0.872. The molecule has 0 radical (unpaired) electrons. The van der Waals surface area contributed by atoms with Crippen molar-refractivity contribution >= 4 is 35.6 Å². The lowest BCUT2D eigenvalue weighted by atomic mass is 10.0. The second-order valence-electron chi connectivity index (χ2n) is 18.1. The van der Waals surface area contributed by atoms with Crippen molar-refractivity contribution in [2.24, 2.45) is 5.73 Å². The third kappa shape index (κ3) is 43.9. The average molecular weight is 916 g/mol. The summed E-state index contributed by atoms with van der Waals surface area (Å²) < 4.78 is 32.2. The molecule has 17 heteroatoms. The van der Waals surface area contributed by atoms with Crippen LogP contribution in [0.2, 0.25) is 0 Å². The maximum absolute atomic E-state index is 12.9. The molecule has 0 aromatic heterocycles. The van der Waals surface area contributed by atoms with Crippen LogP contribution in [0.5, 0.6) is 0 Å². The Hall–Kier alpha value is -3.38. The molecule has 0 aromatic rings. The molecule has 0 aliphatic rings. The van der Waals surface area contributed by atoms with Crippen LogP contribution in [-0.2, 0) is 57.2 Å². The van der Waals surface area contributed by atoms with Gasteiger partial charge in [-0.25, -0.2) is 4.79 Å². The Labute approximate surface area is 385 Å². The summed E-state index contributed by atoms with van der Waals surface area (Å²) in [6.45, 7) is 13.6. The first-order valence-corrected chi connectivity index (χ1v) is 24.1. The molecule has 0 fully saturated rings. The third-order valence-corrected chi connectivity index (χ3v) is 9.46. The van der Waals surface area contributed by atoms with Gasteiger partial charge in [0.05, 0.1) is 39.6 Å². The molecule has 0 saturated heterocycles. The maximum Gasteiger partial charge on any atom is 0.329 e. The zero-order valence-corrected chi connectivity index (χ0v) is 40.7. The number of carbonyl (C=O) groups is 6. The minimum Gasteiger partial charge on any atom is -0.460 e. The monoisotopic (exact) mass is 916 g/mol. The van der Waals surface area contributed by atoms with Crippen LogP contribution in [-0.4, -0.2) is 132 Å². The van der Waals surface area contributed by atoms with Crippen LogP contribution in [0.4, 0.5) is 0 Å². The number of amides is 4. The van der Waals surface area contributed by atoms with Crippen LogP contribution < -0.4 is 27.0 Å². The quantitative estimate of drug-likeness (QED) is 0.0386. The molecule has 4 amide bonds. The molecule has 0 bridgehead atoms. The van der Waals surface area contributed by atoms with Crippen molar-refractivity contribution in [3.05, 3.63) is 0 Å². The van der Waals surface area contributed by atoms with Gasteiger partial charge < -0.3 is 55.4 Å². The van der Waals surface area contributed by atoms with Gasteiger partial charge in [0, 0.05) is 45.4 Å². The van der Waals surface area contributed by atoms with Crippen LogP contribution in [0.15, 0.2) is 0 Å². The predicted molar refractivity (Wildman–Crippen MR) is 247 cm³/mol. The molecule has 0 rings (SSSR count). The number of unbranched alkanes of at least 4 members (excludes halogenated alkanes) is 15. The van der Waals surface area contributed by atoms with Crippen LogP contribution in [0, 0.1) is 0 Å². The van der Waals surface area contributed by atoms with E-state index in [1.54, 1.807) is 20.8 Å². The van der Waals surface area contributed by atoms with Gasteiger partial charge in [0.2, 0.25) is 23.6 Å². The zero-order chi connectivity index (χ0) is 47.7. The normalized spacial score (nSPS) is 12.0. The Balaban J connectivity index is 3.95. The largest absolute Gasteiger partial charge is 0.460 e. The summed E-state index contributed by atoms with van der Waals surface area (Å²) in [5, 5.41) is 10.8. The minimum absolute atomic E-state index is 0.0233. The Morgan fingerprint density at radius 1 is 0.438 bits per heavy atom. The predicted octanol–water partition coefficient (Wildman–Crippen LogP) is 5.33. The van der Waals surface area contributed by atoms with E-state index in [1.807, 2.05) is 20.8 Å². The average Bonchev–Trinajstić information content (AvgIpc) is 3.21. The lowest BCUT2D eigenvalue weighted by Gasteiger charge is -2.24. The molecule has 6 N–H and O–H groups in total. The molecule has 0 aliphatic carbocycles. The van der Waals surface area contributed by atoms with Gasteiger partial charge in [-0.3, -0.25) is 24.0 Å². The Morgan fingerprint density at radius 3 is 1.27 bits per heavy atom. The summed E-state index contributed by atoms with van der Waals surface area (Å²) >= 11 is 0.